The number of anilines is 1. The van der Waals surface area contributed by atoms with E-state index in [4.69, 9.17) is 0 Å². The van der Waals surface area contributed by atoms with Gasteiger partial charge in [-0.3, -0.25) is 0 Å². The quantitative estimate of drug-likeness (QED) is 0.870. The topological polar surface area (TPSA) is 74.8 Å². The van der Waals surface area contributed by atoms with E-state index in [2.05, 4.69) is 21.6 Å². The number of aromatic nitrogens is 2. The van der Waals surface area contributed by atoms with Crippen molar-refractivity contribution < 1.29 is 8.42 Å². The molecule has 0 saturated heterocycles. The maximum absolute atomic E-state index is 12.0. The number of aromatic amines is 1. The minimum absolute atomic E-state index is 0.215. The Morgan fingerprint density at radius 3 is 2.56 bits per heavy atom. The van der Waals surface area contributed by atoms with Gasteiger partial charge in [0, 0.05) is 12.4 Å². The summed E-state index contributed by atoms with van der Waals surface area (Å²) in [4.78, 5) is 6.76. The first-order valence-electron chi connectivity index (χ1n) is 5.73. The lowest BCUT2D eigenvalue weighted by Crippen LogP contribution is -2.13. The van der Waals surface area contributed by atoms with Gasteiger partial charge < -0.3 is 4.98 Å². The average molecular weight is 265 g/mol. The smallest absolute Gasteiger partial charge is 0.264 e. The number of imidazole rings is 1. The van der Waals surface area contributed by atoms with E-state index in [9.17, 15) is 8.42 Å². The molecule has 1 aromatic heterocycles. The molecule has 0 aliphatic rings. The minimum atomic E-state index is -3.56. The molecule has 96 valence electrons. The fourth-order valence-corrected chi connectivity index (χ4v) is 2.61. The highest BCUT2D eigenvalue weighted by molar-refractivity contribution is 7.92. The lowest BCUT2D eigenvalue weighted by Gasteiger charge is -2.06. The molecule has 0 spiro atoms. The van der Waals surface area contributed by atoms with Crippen LogP contribution in [0.2, 0.25) is 0 Å². The highest BCUT2D eigenvalue weighted by Crippen LogP contribution is 2.14. The lowest BCUT2D eigenvalue weighted by atomic mass is 10.1. The van der Waals surface area contributed by atoms with E-state index in [1.165, 1.54) is 6.20 Å². The van der Waals surface area contributed by atoms with Crippen molar-refractivity contribution >= 4 is 16.0 Å². The van der Waals surface area contributed by atoms with Crippen LogP contribution in [0.15, 0.2) is 41.6 Å². The molecule has 0 bridgehead atoms. The van der Waals surface area contributed by atoms with Crippen LogP contribution >= 0.6 is 0 Å². The first kappa shape index (κ1) is 12.6. The van der Waals surface area contributed by atoms with Crippen molar-refractivity contribution in [3.8, 4) is 0 Å². The van der Waals surface area contributed by atoms with Crippen LogP contribution in [-0.4, -0.2) is 18.4 Å². The number of H-pyrrole nitrogens is 1. The molecule has 5 nitrogen and oxygen atoms in total. The molecule has 2 rings (SSSR count). The largest absolute Gasteiger partial charge is 0.330 e. The van der Waals surface area contributed by atoms with Crippen LogP contribution in [-0.2, 0) is 16.4 Å². The Balaban J connectivity index is 2.19. The molecule has 1 heterocycles. The third kappa shape index (κ3) is 2.89. The van der Waals surface area contributed by atoms with E-state index in [0.717, 1.165) is 18.4 Å². The maximum Gasteiger partial charge on any atom is 0.264 e. The second-order valence-electron chi connectivity index (χ2n) is 3.94. The standard InChI is InChI=1S/C12H15N3O2S/c1-2-3-10-4-6-11(7-5-10)18(16,17)15-12-13-8-9-14-12/h4-9H,2-3H2,1H3,(H2,13,14,15). The van der Waals surface area contributed by atoms with Crippen LogP contribution < -0.4 is 4.72 Å². The second-order valence-corrected chi connectivity index (χ2v) is 5.62. The van der Waals surface area contributed by atoms with Crippen molar-refractivity contribution in [3.05, 3.63) is 42.2 Å². The molecule has 0 amide bonds. The summed E-state index contributed by atoms with van der Waals surface area (Å²) in [5, 5.41) is 0. The van der Waals surface area contributed by atoms with E-state index in [1.807, 2.05) is 12.1 Å². The van der Waals surface area contributed by atoms with Crippen molar-refractivity contribution in [2.45, 2.75) is 24.7 Å². The number of nitrogens with one attached hydrogen (secondary N) is 2. The molecule has 0 fully saturated rings. The molecule has 0 radical (unpaired) electrons. The van der Waals surface area contributed by atoms with Gasteiger partial charge in [0.15, 0.2) is 0 Å². The van der Waals surface area contributed by atoms with Crippen LogP contribution in [0.4, 0.5) is 5.95 Å². The van der Waals surface area contributed by atoms with Gasteiger partial charge in [0.2, 0.25) is 5.95 Å². The van der Waals surface area contributed by atoms with E-state index < -0.39 is 10.0 Å². The zero-order valence-electron chi connectivity index (χ0n) is 10.1. The Morgan fingerprint density at radius 2 is 2.00 bits per heavy atom. The van der Waals surface area contributed by atoms with Gasteiger partial charge in [-0.2, -0.15) is 0 Å². The van der Waals surface area contributed by atoms with Gasteiger partial charge in [-0.05, 0) is 24.1 Å². The summed E-state index contributed by atoms with van der Waals surface area (Å²) in [7, 11) is -3.56. The van der Waals surface area contributed by atoms with E-state index in [0.29, 0.717) is 0 Å². The lowest BCUT2D eigenvalue weighted by molar-refractivity contribution is 0.601. The summed E-state index contributed by atoms with van der Waals surface area (Å²) in [6, 6.07) is 6.88. The van der Waals surface area contributed by atoms with Crippen LogP contribution in [0.25, 0.3) is 0 Å². The van der Waals surface area contributed by atoms with Crippen molar-refractivity contribution in [3.63, 3.8) is 0 Å². The average Bonchev–Trinajstić information content (AvgIpc) is 2.82. The minimum Gasteiger partial charge on any atom is -0.330 e. The Bertz CT molecular complexity index is 589. The van der Waals surface area contributed by atoms with Crippen LogP contribution in [0.5, 0.6) is 0 Å². The number of hydrogen-bond acceptors (Lipinski definition) is 3. The first-order chi connectivity index (χ1) is 8.62. The number of aryl methyl sites for hydroxylation is 1. The van der Waals surface area contributed by atoms with Gasteiger partial charge in [0.1, 0.15) is 0 Å². The number of rotatable bonds is 5. The van der Waals surface area contributed by atoms with Crippen molar-refractivity contribution in [1.29, 1.82) is 0 Å². The Kier molecular flexibility index (Phi) is 3.66. The van der Waals surface area contributed by atoms with Crippen molar-refractivity contribution in [2.24, 2.45) is 0 Å². The summed E-state index contributed by atoms with van der Waals surface area (Å²) in [6.07, 6.45) is 5.03. The van der Waals surface area contributed by atoms with E-state index in [-0.39, 0.29) is 10.8 Å². The van der Waals surface area contributed by atoms with Gasteiger partial charge in [0.05, 0.1) is 4.90 Å². The molecule has 0 saturated carbocycles. The molecule has 0 aliphatic heterocycles. The number of nitrogens with zero attached hydrogens (tertiary/aromatic N) is 1. The molecular formula is C12H15N3O2S. The predicted molar refractivity (Wildman–Crippen MR) is 69.8 cm³/mol. The maximum atomic E-state index is 12.0. The molecule has 0 unspecified atom stereocenters. The third-order valence-electron chi connectivity index (χ3n) is 2.50. The summed E-state index contributed by atoms with van der Waals surface area (Å²) < 4.78 is 26.4. The molecule has 2 aromatic rings. The highest BCUT2D eigenvalue weighted by Gasteiger charge is 2.14. The molecule has 18 heavy (non-hydrogen) atoms. The molecule has 0 atom stereocenters. The molecule has 2 N–H and O–H groups in total. The summed E-state index contributed by atoms with van der Waals surface area (Å²) >= 11 is 0. The third-order valence-corrected chi connectivity index (χ3v) is 3.86. The molecular weight excluding hydrogens is 250 g/mol. The summed E-state index contributed by atoms with van der Waals surface area (Å²) in [5.41, 5.74) is 1.13. The van der Waals surface area contributed by atoms with Crippen LogP contribution in [0.1, 0.15) is 18.9 Å². The van der Waals surface area contributed by atoms with Gasteiger partial charge in [-0.25, -0.2) is 18.1 Å². The molecule has 0 aliphatic carbocycles. The fourth-order valence-electron chi connectivity index (χ4n) is 1.63. The zero-order valence-corrected chi connectivity index (χ0v) is 10.9. The predicted octanol–water partition coefficient (Wildman–Crippen LogP) is 2.16. The molecule has 6 heteroatoms. The van der Waals surface area contributed by atoms with Gasteiger partial charge in [-0.15, -0.1) is 0 Å². The summed E-state index contributed by atoms with van der Waals surface area (Å²) in [6.45, 7) is 2.09. The van der Waals surface area contributed by atoms with Crippen molar-refractivity contribution in [1.82, 2.24) is 9.97 Å². The first-order valence-corrected chi connectivity index (χ1v) is 7.21. The Morgan fingerprint density at radius 1 is 1.28 bits per heavy atom. The number of benzene rings is 1. The van der Waals surface area contributed by atoms with Crippen molar-refractivity contribution in [2.75, 3.05) is 4.72 Å². The SMILES string of the molecule is CCCc1ccc(S(=O)(=O)Nc2ncc[nH]2)cc1. The van der Waals surface area contributed by atoms with Gasteiger partial charge in [-0.1, -0.05) is 25.5 Å². The Hall–Kier alpha value is -1.82. The number of sulfonamides is 1. The van der Waals surface area contributed by atoms with Gasteiger partial charge in [0.25, 0.3) is 10.0 Å². The van der Waals surface area contributed by atoms with Crippen LogP contribution in [0.3, 0.4) is 0 Å². The van der Waals surface area contributed by atoms with Gasteiger partial charge >= 0.3 is 0 Å². The second kappa shape index (κ2) is 5.22. The van der Waals surface area contributed by atoms with E-state index in [1.54, 1.807) is 18.3 Å². The fraction of sp³-hybridized carbons (Fsp3) is 0.250. The van der Waals surface area contributed by atoms with Crippen LogP contribution in [0, 0.1) is 0 Å². The summed E-state index contributed by atoms with van der Waals surface area (Å²) in [5.74, 6) is 0.215. The number of hydrogen-bond donors (Lipinski definition) is 2. The van der Waals surface area contributed by atoms with E-state index >= 15 is 0 Å². The monoisotopic (exact) mass is 265 g/mol. The normalized spacial score (nSPS) is 11.4. The molecule has 1 aromatic carbocycles. The zero-order chi connectivity index (χ0) is 13.0. The Labute approximate surface area is 106 Å². The highest BCUT2D eigenvalue weighted by atomic mass is 32.2.